The van der Waals surface area contributed by atoms with Gasteiger partial charge in [0.1, 0.15) is 0 Å². The average molecular weight is 293 g/mol. The van der Waals surface area contributed by atoms with Crippen molar-refractivity contribution in [2.45, 2.75) is 76.3 Å². The van der Waals surface area contributed by atoms with Gasteiger partial charge in [0, 0.05) is 25.2 Å². The highest BCUT2D eigenvalue weighted by Gasteiger charge is 2.29. The fourth-order valence-corrected chi connectivity index (χ4v) is 4.23. The number of rotatable bonds is 3. The van der Waals surface area contributed by atoms with Crippen LogP contribution in [0.2, 0.25) is 0 Å². The molecule has 3 aliphatic rings. The van der Waals surface area contributed by atoms with Crippen LogP contribution in [-0.2, 0) is 0 Å². The average Bonchev–Trinajstić information content (AvgIpc) is 3.11. The molecule has 2 aliphatic heterocycles. The molecule has 120 valence electrons. The number of carbonyl (C=O) groups is 1. The first-order valence-corrected chi connectivity index (χ1v) is 9.12. The van der Waals surface area contributed by atoms with Crippen LogP contribution < -0.4 is 5.32 Å². The largest absolute Gasteiger partial charge is 0.335 e. The van der Waals surface area contributed by atoms with E-state index in [1.807, 2.05) is 0 Å². The Morgan fingerprint density at radius 2 is 1.52 bits per heavy atom. The molecule has 0 aromatic rings. The third-order valence-corrected chi connectivity index (χ3v) is 5.49. The highest BCUT2D eigenvalue weighted by molar-refractivity contribution is 5.75. The van der Waals surface area contributed by atoms with Crippen LogP contribution in [0.5, 0.6) is 0 Å². The van der Waals surface area contributed by atoms with Crippen molar-refractivity contribution in [3.05, 3.63) is 0 Å². The molecule has 0 radical (unpaired) electrons. The number of hydrogen-bond donors (Lipinski definition) is 1. The molecular formula is C17H31N3O. The van der Waals surface area contributed by atoms with Crippen molar-refractivity contribution in [2.24, 2.45) is 0 Å². The van der Waals surface area contributed by atoms with Crippen molar-refractivity contribution in [3.8, 4) is 0 Å². The number of carbonyl (C=O) groups excluding carboxylic acids is 1. The molecule has 1 aliphatic carbocycles. The number of likely N-dealkylation sites (tertiary alicyclic amines) is 2. The van der Waals surface area contributed by atoms with Gasteiger partial charge < -0.3 is 15.1 Å². The van der Waals surface area contributed by atoms with Gasteiger partial charge in [0.05, 0.1) is 0 Å². The molecule has 3 fully saturated rings. The minimum absolute atomic E-state index is 0.216. The van der Waals surface area contributed by atoms with Crippen LogP contribution in [0.25, 0.3) is 0 Å². The third kappa shape index (κ3) is 4.12. The SMILES string of the molecule is O=C(NC1CCCC1)N1CCCCC[C@@H]1CN1CCCC1. The van der Waals surface area contributed by atoms with Gasteiger partial charge in [0.2, 0.25) is 0 Å². The van der Waals surface area contributed by atoms with Crippen molar-refractivity contribution in [1.29, 1.82) is 0 Å². The molecule has 0 spiro atoms. The van der Waals surface area contributed by atoms with Crippen molar-refractivity contribution in [1.82, 2.24) is 15.1 Å². The predicted octanol–water partition coefficient (Wildman–Crippen LogP) is 2.98. The Labute approximate surface area is 129 Å². The lowest BCUT2D eigenvalue weighted by atomic mass is 10.1. The normalized spacial score (nSPS) is 28.8. The first-order valence-electron chi connectivity index (χ1n) is 9.12. The molecule has 4 heteroatoms. The molecule has 2 heterocycles. The van der Waals surface area contributed by atoms with Crippen molar-refractivity contribution < 1.29 is 4.79 Å². The Hall–Kier alpha value is -0.770. The Morgan fingerprint density at radius 1 is 0.857 bits per heavy atom. The summed E-state index contributed by atoms with van der Waals surface area (Å²) < 4.78 is 0. The highest BCUT2D eigenvalue weighted by atomic mass is 16.2. The van der Waals surface area contributed by atoms with Crippen LogP contribution in [0, 0.1) is 0 Å². The van der Waals surface area contributed by atoms with E-state index in [1.165, 1.54) is 77.3 Å². The molecule has 1 saturated carbocycles. The molecule has 0 unspecified atom stereocenters. The van der Waals surface area contributed by atoms with E-state index < -0.39 is 0 Å². The fraction of sp³-hybridized carbons (Fsp3) is 0.941. The van der Waals surface area contributed by atoms with Crippen molar-refractivity contribution in [3.63, 3.8) is 0 Å². The molecule has 0 aromatic carbocycles. The second kappa shape index (κ2) is 7.48. The van der Waals surface area contributed by atoms with Gasteiger partial charge >= 0.3 is 6.03 Å². The Bertz CT molecular complexity index is 335. The van der Waals surface area contributed by atoms with E-state index in [2.05, 4.69) is 15.1 Å². The molecular weight excluding hydrogens is 262 g/mol. The molecule has 1 atom stereocenters. The standard InChI is InChI=1S/C17H31N3O/c21-17(18-15-8-3-4-9-15)20-13-5-1-2-10-16(20)14-19-11-6-7-12-19/h15-16H,1-14H2,(H,18,21)/t16-/m1/s1. The van der Waals surface area contributed by atoms with E-state index in [9.17, 15) is 4.79 Å². The van der Waals surface area contributed by atoms with Crippen LogP contribution >= 0.6 is 0 Å². The summed E-state index contributed by atoms with van der Waals surface area (Å²) in [6.45, 7) is 4.51. The van der Waals surface area contributed by atoms with E-state index in [0.717, 1.165) is 13.1 Å². The molecule has 0 bridgehead atoms. The lowest BCUT2D eigenvalue weighted by Crippen LogP contribution is -2.51. The zero-order valence-corrected chi connectivity index (χ0v) is 13.4. The van der Waals surface area contributed by atoms with Crippen LogP contribution in [0.3, 0.4) is 0 Å². The summed E-state index contributed by atoms with van der Waals surface area (Å²) in [5, 5.41) is 3.30. The minimum Gasteiger partial charge on any atom is -0.335 e. The van der Waals surface area contributed by atoms with Gasteiger partial charge in [-0.1, -0.05) is 25.7 Å². The van der Waals surface area contributed by atoms with Crippen LogP contribution in [-0.4, -0.2) is 54.1 Å². The molecule has 3 rings (SSSR count). The number of nitrogens with one attached hydrogen (secondary N) is 1. The maximum atomic E-state index is 12.7. The van der Waals surface area contributed by atoms with E-state index in [-0.39, 0.29) is 6.03 Å². The van der Waals surface area contributed by atoms with Crippen molar-refractivity contribution >= 4 is 6.03 Å². The topological polar surface area (TPSA) is 35.6 Å². The lowest BCUT2D eigenvalue weighted by molar-refractivity contribution is 0.150. The smallest absolute Gasteiger partial charge is 0.317 e. The van der Waals surface area contributed by atoms with Gasteiger partial charge in [-0.25, -0.2) is 4.79 Å². The zero-order valence-electron chi connectivity index (χ0n) is 13.4. The Morgan fingerprint density at radius 3 is 2.29 bits per heavy atom. The molecule has 1 N–H and O–H groups in total. The first kappa shape index (κ1) is 15.1. The van der Waals surface area contributed by atoms with Gasteiger partial charge in [-0.05, 0) is 51.6 Å². The maximum Gasteiger partial charge on any atom is 0.317 e. The minimum atomic E-state index is 0.216. The quantitative estimate of drug-likeness (QED) is 0.868. The summed E-state index contributed by atoms with van der Waals surface area (Å²) in [4.78, 5) is 17.4. The molecule has 21 heavy (non-hydrogen) atoms. The van der Waals surface area contributed by atoms with E-state index in [1.54, 1.807) is 0 Å². The van der Waals surface area contributed by atoms with Gasteiger partial charge in [0.15, 0.2) is 0 Å². The number of nitrogens with zero attached hydrogens (tertiary/aromatic N) is 2. The summed E-state index contributed by atoms with van der Waals surface area (Å²) in [5.41, 5.74) is 0. The van der Waals surface area contributed by atoms with Crippen molar-refractivity contribution in [2.75, 3.05) is 26.2 Å². The second-order valence-electron chi connectivity index (χ2n) is 7.14. The predicted molar refractivity (Wildman–Crippen MR) is 85.4 cm³/mol. The summed E-state index contributed by atoms with van der Waals surface area (Å²) in [7, 11) is 0. The van der Waals surface area contributed by atoms with Gasteiger partial charge in [-0.3, -0.25) is 0 Å². The molecule has 0 aromatic heterocycles. The van der Waals surface area contributed by atoms with Gasteiger partial charge in [0.25, 0.3) is 0 Å². The van der Waals surface area contributed by atoms with Crippen LogP contribution in [0.1, 0.15) is 64.2 Å². The first-order chi connectivity index (χ1) is 10.3. The number of hydrogen-bond acceptors (Lipinski definition) is 2. The molecule has 2 amide bonds. The number of urea groups is 1. The summed E-state index contributed by atoms with van der Waals surface area (Å²) in [6, 6.07) is 1.09. The summed E-state index contributed by atoms with van der Waals surface area (Å²) in [6.07, 6.45) is 12.5. The highest BCUT2D eigenvalue weighted by Crippen LogP contribution is 2.22. The monoisotopic (exact) mass is 293 g/mol. The number of amides is 2. The van der Waals surface area contributed by atoms with E-state index in [0.29, 0.717) is 12.1 Å². The van der Waals surface area contributed by atoms with Gasteiger partial charge in [-0.15, -0.1) is 0 Å². The summed E-state index contributed by atoms with van der Waals surface area (Å²) >= 11 is 0. The van der Waals surface area contributed by atoms with Crippen LogP contribution in [0.15, 0.2) is 0 Å². The molecule has 2 saturated heterocycles. The van der Waals surface area contributed by atoms with Crippen LogP contribution in [0.4, 0.5) is 4.79 Å². The third-order valence-electron chi connectivity index (χ3n) is 5.49. The lowest BCUT2D eigenvalue weighted by Gasteiger charge is -2.34. The van der Waals surface area contributed by atoms with E-state index >= 15 is 0 Å². The van der Waals surface area contributed by atoms with Gasteiger partial charge in [-0.2, -0.15) is 0 Å². The summed E-state index contributed by atoms with van der Waals surface area (Å²) in [5.74, 6) is 0. The zero-order chi connectivity index (χ0) is 14.5. The Balaban J connectivity index is 1.58. The maximum absolute atomic E-state index is 12.7. The molecule has 4 nitrogen and oxygen atoms in total. The second-order valence-corrected chi connectivity index (χ2v) is 7.14. The fourth-order valence-electron chi connectivity index (χ4n) is 4.23. The Kier molecular flexibility index (Phi) is 5.39. The van der Waals surface area contributed by atoms with E-state index in [4.69, 9.17) is 0 Å².